The zero-order valence-corrected chi connectivity index (χ0v) is 11.0. The van der Waals surface area contributed by atoms with Crippen LogP contribution in [0.2, 0.25) is 5.02 Å². The molecule has 0 spiro atoms. The molecule has 2 nitrogen and oxygen atoms in total. The molecular weight excluding hydrogens is 256 g/mol. The summed E-state index contributed by atoms with van der Waals surface area (Å²) in [6.45, 7) is 0. The smallest absolute Gasteiger partial charge is 0.0569 e. The van der Waals surface area contributed by atoms with E-state index in [9.17, 15) is 0 Å². The van der Waals surface area contributed by atoms with E-state index in [0.717, 1.165) is 32.6 Å². The van der Waals surface area contributed by atoms with Crippen LogP contribution < -0.4 is 11.3 Å². The molecule has 19 heavy (non-hydrogen) atoms. The highest BCUT2D eigenvalue weighted by molar-refractivity contribution is 6.30. The third-order valence-electron chi connectivity index (χ3n) is 3.19. The van der Waals surface area contributed by atoms with Gasteiger partial charge in [0.2, 0.25) is 0 Å². The minimum atomic E-state index is 0.738. The molecule has 0 aliphatic rings. The lowest BCUT2D eigenvalue weighted by Gasteiger charge is -2.10. The van der Waals surface area contributed by atoms with E-state index in [4.69, 9.17) is 17.4 Å². The highest BCUT2D eigenvalue weighted by atomic mass is 35.5. The summed E-state index contributed by atoms with van der Waals surface area (Å²) in [7, 11) is 0. The molecular formula is C16H13ClN2. The molecule has 3 aromatic carbocycles. The summed E-state index contributed by atoms with van der Waals surface area (Å²) < 4.78 is 0. The van der Waals surface area contributed by atoms with Crippen LogP contribution in [0.1, 0.15) is 0 Å². The molecule has 0 aliphatic heterocycles. The number of hydrazine groups is 1. The van der Waals surface area contributed by atoms with Crippen LogP contribution >= 0.6 is 11.6 Å². The highest BCUT2D eigenvalue weighted by Crippen LogP contribution is 2.31. The molecule has 0 saturated carbocycles. The first-order chi connectivity index (χ1) is 9.28. The molecule has 0 fully saturated rings. The second kappa shape index (κ2) is 4.92. The Morgan fingerprint density at radius 3 is 2.32 bits per heavy atom. The van der Waals surface area contributed by atoms with Gasteiger partial charge in [0.15, 0.2) is 0 Å². The number of hydrogen-bond acceptors (Lipinski definition) is 2. The standard InChI is InChI=1S/C16H13ClN2/c17-14-7-5-11(6-8-14)13-9-12-3-1-2-4-15(12)16(10-13)19-18/h1-10,19H,18H2. The summed E-state index contributed by atoms with van der Waals surface area (Å²) in [6.07, 6.45) is 0. The molecule has 3 N–H and O–H groups in total. The Hall–Kier alpha value is -2.03. The molecule has 0 atom stereocenters. The fourth-order valence-electron chi connectivity index (χ4n) is 2.24. The van der Waals surface area contributed by atoms with Gasteiger partial charge in [-0.15, -0.1) is 0 Å². The summed E-state index contributed by atoms with van der Waals surface area (Å²) in [5.74, 6) is 5.62. The van der Waals surface area contributed by atoms with Gasteiger partial charge >= 0.3 is 0 Å². The number of anilines is 1. The van der Waals surface area contributed by atoms with Crippen molar-refractivity contribution in [1.82, 2.24) is 0 Å². The fraction of sp³-hybridized carbons (Fsp3) is 0. The van der Waals surface area contributed by atoms with Crippen LogP contribution in [0.4, 0.5) is 5.69 Å². The molecule has 3 aromatic rings. The van der Waals surface area contributed by atoms with Gasteiger partial charge in [0.25, 0.3) is 0 Å². The van der Waals surface area contributed by atoms with Crippen LogP contribution in [0.3, 0.4) is 0 Å². The molecule has 3 rings (SSSR count). The number of halogens is 1. The Morgan fingerprint density at radius 2 is 1.58 bits per heavy atom. The lowest BCUT2D eigenvalue weighted by atomic mass is 10.00. The maximum atomic E-state index is 5.92. The zero-order chi connectivity index (χ0) is 13.2. The van der Waals surface area contributed by atoms with E-state index >= 15 is 0 Å². The Labute approximate surface area is 116 Å². The van der Waals surface area contributed by atoms with Crippen molar-refractivity contribution in [3.05, 3.63) is 65.7 Å². The fourth-order valence-corrected chi connectivity index (χ4v) is 2.37. The average molecular weight is 269 g/mol. The van der Waals surface area contributed by atoms with Crippen molar-refractivity contribution in [2.45, 2.75) is 0 Å². The minimum absolute atomic E-state index is 0.738. The largest absolute Gasteiger partial charge is 0.323 e. The van der Waals surface area contributed by atoms with Gasteiger partial charge in [0, 0.05) is 10.4 Å². The van der Waals surface area contributed by atoms with Crippen molar-refractivity contribution in [3.8, 4) is 11.1 Å². The van der Waals surface area contributed by atoms with Gasteiger partial charge in [-0.25, -0.2) is 0 Å². The molecule has 0 amide bonds. The first-order valence-corrected chi connectivity index (χ1v) is 6.41. The molecule has 0 bridgehead atoms. The Kier molecular flexibility index (Phi) is 3.11. The van der Waals surface area contributed by atoms with Crippen LogP contribution in [0.25, 0.3) is 21.9 Å². The van der Waals surface area contributed by atoms with Crippen LogP contribution in [0.5, 0.6) is 0 Å². The Morgan fingerprint density at radius 1 is 0.842 bits per heavy atom. The number of nitrogen functional groups attached to an aromatic ring is 1. The molecule has 0 saturated heterocycles. The predicted octanol–water partition coefficient (Wildman–Crippen LogP) is 4.45. The number of fused-ring (bicyclic) bond motifs is 1. The van der Waals surface area contributed by atoms with Gasteiger partial charge in [-0.3, -0.25) is 5.84 Å². The monoisotopic (exact) mass is 268 g/mol. The second-order valence-corrected chi connectivity index (χ2v) is 4.83. The normalized spacial score (nSPS) is 10.6. The summed E-state index contributed by atoms with van der Waals surface area (Å²) in [6, 6.07) is 20.2. The molecule has 0 radical (unpaired) electrons. The summed E-state index contributed by atoms with van der Waals surface area (Å²) >= 11 is 5.92. The van der Waals surface area contributed by atoms with Gasteiger partial charge in [-0.05, 0) is 40.8 Å². The lowest BCUT2D eigenvalue weighted by Crippen LogP contribution is -2.07. The van der Waals surface area contributed by atoms with Crippen molar-refractivity contribution in [2.75, 3.05) is 5.43 Å². The van der Waals surface area contributed by atoms with Crippen LogP contribution in [-0.2, 0) is 0 Å². The average Bonchev–Trinajstić information content (AvgIpc) is 2.47. The number of nitrogens with two attached hydrogens (primary N) is 1. The Bertz CT molecular complexity index is 720. The molecule has 0 aliphatic carbocycles. The van der Waals surface area contributed by atoms with Crippen LogP contribution in [0.15, 0.2) is 60.7 Å². The van der Waals surface area contributed by atoms with Gasteiger partial charge in [0.1, 0.15) is 0 Å². The number of rotatable bonds is 2. The molecule has 0 unspecified atom stereocenters. The van der Waals surface area contributed by atoms with Crippen LogP contribution in [0, 0.1) is 0 Å². The van der Waals surface area contributed by atoms with E-state index in [1.54, 1.807) is 0 Å². The molecule has 0 heterocycles. The molecule has 0 aromatic heterocycles. The van der Waals surface area contributed by atoms with Gasteiger partial charge in [0.05, 0.1) is 5.69 Å². The van der Waals surface area contributed by atoms with Crippen molar-refractivity contribution >= 4 is 28.1 Å². The van der Waals surface area contributed by atoms with Crippen molar-refractivity contribution in [3.63, 3.8) is 0 Å². The zero-order valence-electron chi connectivity index (χ0n) is 10.2. The van der Waals surface area contributed by atoms with Gasteiger partial charge in [-0.2, -0.15) is 0 Å². The SMILES string of the molecule is NNc1cc(-c2ccc(Cl)cc2)cc2ccccc12. The third-order valence-corrected chi connectivity index (χ3v) is 3.45. The minimum Gasteiger partial charge on any atom is -0.323 e. The second-order valence-electron chi connectivity index (χ2n) is 4.40. The number of hydrogen-bond donors (Lipinski definition) is 2. The van der Waals surface area contributed by atoms with Crippen LogP contribution in [-0.4, -0.2) is 0 Å². The van der Waals surface area contributed by atoms with E-state index in [1.165, 1.54) is 0 Å². The van der Waals surface area contributed by atoms with Crippen molar-refractivity contribution < 1.29 is 0 Å². The Balaban J connectivity index is 2.22. The number of nitrogens with one attached hydrogen (secondary N) is 1. The quantitative estimate of drug-likeness (QED) is 0.532. The van der Waals surface area contributed by atoms with Crippen molar-refractivity contribution in [1.29, 1.82) is 0 Å². The summed E-state index contributed by atoms with van der Waals surface area (Å²) in [5, 5.41) is 3.01. The molecule has 3 heteroatoms. The van der Waals surface area contributed by atoms with Gasteiger partial charge < -0.3 is 5.43 Å². The lowest BCUT2D eigenvalue weighted by molar-refractivity contribution is 1.37. The molecule has 94 valence electrons. The first-order valence-electron chi connectivity index (χ1n) is 6.03. The maximum Gasteiger partial charge on any atom is 0.0569 e. The summed E-state index contributed by atoms with van der Waals surface area (Å²) in [5.41, 5.74) is 5.92. The topological polar surface area (TPSA) is 38.0 Å². The highest BCUT2D eigenvalue weighted by Gasteiger charge is 2.04. The maximum absolute atomic E-state index is 5.92. The van der Waals surface area contributed by atoms with Crippen molar-refractivity contribution in [2.24, 2.45) is 5.84 Å². The van der Waals surface area contributed by atoms with Gasteiger partial charge in [-0.1, -0.05) is 48.0 Å². The summed E-state index contributed by atoms with van der Waals surface area (Å²) in [4.78, 5) is 0. The third kappa shape index (κ3) is 2.28. The first kappa shape index (κ1) is 12.0. The predicted molar refractivity (Wildman–Crippen MR) is 82.2 cm³/mol. The van der Waals surface area contributed by atoms with E-state index in [-0.39, 0.29) is 0 Å². The number of benzene rings is 3. The van der Waals surface area contributed by atoms with E-state index in [1.807, 2.05) is 42.5 Å². The van der Waals surface area contributed by atoms with E-state index in [0.29, 0.717) is 0 Å². The van der Waals surface area contributed by atoms with E-state index < -0.39 is 0 Å². The van der Waals surface area contributed by atoms with E-state index in [2.05, 4.69) is 23.6 Å².